The third kappa shape index (κ3) is 4.51. The Labute approximate surface area is 123 Å². The molecule has 102 valence electrons. The van der Waals surface area contributed by atoms with Gasteiger partial charge in [-0.05, 0) is 29.8 Å². The zero-order chi connectivity index (χ0) is 13.7. The van der Waals surface area contributed by atoms with Crippen molar-refractivity contribution in [3.05, 3.63) is 58.5 Å². The minimum atomic E-state index is 0.422. The summed E-state index contributed by atoms with van der Waals surface area (Å²) in [5.74, 6) is 1.46. The number of hydrogen-bond acceptors (Lipinski definition) is 2. The third-order valence-electron chi connectivity index (χ3n) is 3.12. The lowest BCUT2D eigenvalue weighted by Gasteiger charge is -2.19. The van der Waals surface area contributed by atoms with Crippen molar-refractivity contribution >= 4 is 15.9 Å². The molecule has 2 aromatic rings. The Morgan fingerprint density at radius 2 is 2.05 bits per heavy atom. The first-order valence-corrected chi connectivity index (χ1v) is 7.45. The van der Waals surface area contributed by atoms with E-state index in [9.17, 15) is 0 Å². The molecule has 0 fully saturated rings. The Balaban J connectivity index is 2.13. The molecule has 0 radical (unpaired) electrons. The van der Waals surface area contributed by atoms with Crippen LogP contribution in [0.25, 0.3) is 0 Å². The van der Waals surface area contributed by atoms with E-state index in [0.29, 0.717) is 12.0 Å². The van der Waals surface area contributed by atoms with Gasteiger partial charge in [0.2, 0.25) is 0 Å². The van der Waals surface area contributed by atoms with Crippen molar-refractivity contribution in [1.82, 2.24) is 5.32 Å². The van der Waals surface area contributed by atoms with E-state index in [1.807, 2.05) is 12.1 Å². The molecule has 0 aliphatic heterocycles. The first-order chi connectivity index (χ1) is 9.15. The van der Waals surface area contributed by atoms with Crippen molar-refractivity contribution < 1.29 is 4.42 Å². The number of nitrogens with one attached hydrogen (secondary N) is 1. The van der Waals surface area contributed by atoms with Crippen LogP contribution in [0, 0.1) is 0 Å². The highest BCUT2D eigenvalue weighted by atomic mass is 79.9. The number of halogens is 1. The van der Waals surface area contributed by atoms with Gasteiger partial charge in [-0.3, -0.25) is 0 Å². The SMILES string of the molecule is CC(C)NCC(Cc1ccco1)c1cccc(Br)c1. The lowest BCUT2D eigenvalue weighted by atomic mass is 9.94. The molecule has 0 aliphatic carbocycles. The van der Waals surface area contributed by atoms with Gasteiger partial charge in [0.1, 0.15) is 5.76 Å². The van der Waals surface area contributed by atoms with Crippen LogP contribution >= 0.6 is 15.9 Å². The summed E-state index contributed by atoms with van der Waals surface area (Å²) in [6.45, 7) is 5.30. The van der Waals surface area contributed by atoms with Gasteiger partial charge >= 0.3 is 0 Å². The Morgan fingerprint density at radius 3 is 2.68 bits per heavy atom. The van der Waals surface area contributed by atoms with E-state index in [1.165, 1.54) is 5.56 Å². The molecule has 19 heavy (non-hydrogen) atoms. The Morgan fingerprint density at radius 1 is 1.21 bits per heavy atom. The van der Waals surface area contributed by atoms with Crippen molar-refractivity contribution in [3.63, 3.8) is 0 Å². The second kappa shape index (κ2) is 6.92. The highest BCUT2D eigenvalue weighted by molar-refractivity contribution is 9.10. The van der Waals surface area contributed by atoms with Gasteiger partial charge in [0.15, 0.2) is 0 Å². The van der Waals surface area contributed by atoms with Crippen LogP contribution in [-0.2, 0) is 6.42 Å². The maximum Gasteiger partial charge on any atom is 0.104 e. The van der Waals surface area contributed by atoms with E-state index in [4.69, 9.17) is 4.42 Å². The molecule has 0 amide bonds. The molecule has 2 nitrogen and oxygen atoms in total. The number of rotatable bonds is 6. The van der Waals surface area contributed by atoms with Gasteiger partial charge < -0.3 is 9.73 Å². The van der Waals surface area contributed by atoms with Gasteiger partial charge in [-0.15, -0.1) is 0 Å². The first kappa shape index (κ1) is 14.4. The van der Waals surface area contributed by atoms with Crippen molar-refractivity contribution in [2.75, 3.05) is 6.54 Å². The molecule has 1 unspecified atom stereocenters. The molecule has 1 N–H and O–H groups in total. The quantitative estimate of drug-likeness (QED) is 0.854. The van der Waals surface area contributed by atoms with Crippen molar-refractivity contribution in [2.24, 2.45) is 0 Å². The summed E-state index contributed by atoms with van der Waals surface area (Å²) in [7, 11) is 0. The minimum absolute atomic E-state index is 0.422. The first-order valence-electron chi connectivity index (χ1n) is 6.66. The Hall–Kier alpha value is -1.06. The highest BCUT2D eigenvalue weighted by Gasteiger charge is 2.14. The second-order valence-electron chi connectivity index (χ2n) is 5.10. The molecule has 3 heteroatoms. The molecule has 0 aliphatic rings. The number of benzene rings is 1. The van der Waals surface area contributed by atoms with Gasteiger partial charge in [0.25, 0.3) is 0 Å². The van der Waals surface area contributed by atoms with Crippen LogP contribution in [0.2, 0.25) is 0 Å². The fourth-order valence-electron chi connectivity index (χ4n) is 2.12. The normalized spacial score (nSPS) is 12.8. The fraction of sp³-hybridized carbons (Fsp3) is 0.375. The van der Waals surface area contributed by atoms with Crippen LogP contribution in [0.3, 0.4) is 0 Å². The van der Waals surface area contributed by atoms with Crippen LogP contribution in [0.5, 0.6) is 0 Å². The molecule has 2 rings (SSSR count). The molecule has 0 saturated carbocycles. The molecular weight excluding hydrogens is 302 g/mol. The summed E-state index contributed by atoms with van der Waals surface area (Å²) in [5, 5.41) is 3.52. The van der Waals surface area contributed by atoms with E-state index in [1.54, 1.807) is 6.26 Å². The van der Waals surface area contributed by atoms with Crippen LogP contribution in [0.4, 0.5) is 0 Å². The summed E-state index contributed by atoms with van der Waals surface area (Å²) >= 11 is 3.54. The fourth-order valence-corrected chi connectivity index (χ4v) is 2.53. The summed E-state index contributed by atoms with van der Waals surface area (Å²) in [6, 6.07) is 13.0. The Bertz CT molecular complexity index is 493. The topological polar surface area (TPSA) is 25.2 Å². The maximum absolute atomic E-state index is 5.48. The van der Waals surface area contributed by atoms with Crippen molar-refractivity contribution in [3.8, 4) is 0 Å². The highest BCUT2D eigenvalue weighted by Crippen LogP contribution is 2.23. The maximum atomic E-state index is 5.48. The molecule has 1 heterocycles. The third-order valence-corrected chi connectivity index (χ3v) is 3.61. The summed E-state index contributed by atoms with van der Waals surface area (Å²) in [5.41, 5.74) is 1.33. The van der Waals surface area contributed by atoms with Crippen molar-refractivity contribution in [1.29, 1.82) is 0 Å². The van der Waals surface area contributed by atoms with Crippen LogP contribution in [0.15, 0.2) is 51.6 Å². The van der Waals surface area contributed by atoms with Gasteiger partial charge in [-0.2, -0.15) is 0 Å². The summed E-state index contributed by atoms with van der Waals surface area (Å²) in [6.07, 6.45) is 2.66. The Kier molecular flexibility index (Phi) is 5.23. The minimum Gasteiger partial charge on any atom is -0.469 e. The van der Waals surface area contributed by atoms with E-state index in [2.05, 4.69) is 59.4 Å². The van der Waals surface area contributed by atoms with Crippen LogP contribution in [0.1, 0.15) is 31.1 Å². The lowest BCUT2D eigenvalue weighted by Crippen LogP contribution is -2.28. The van der Waals surface area contributed by atoms with Crippen LogP contribution < -0.4 is 5.32 Å². The second-order valence-corrected chi connectivity index (χ2v) is 6.01. The van der Waals surface area contributed by atoms with E-state index >= 15 is 0 Å². The average molecular weight is 322 g/mol. The standard InChI is InChI=1S/C16H20BrNO/c1-12(2)18-11-14(10-16-7-4-8-19-16)13-5-3-6-15(17)9-13/h3-9,12,14,18H,10-11H2,1-2H3. The van der Waals surface area contributed by atoms with E-state index in [-0.39, 0.29) is 0 Å². The molecule has 0 bridgehead atoms. The predicted octanol–water partition coefficient (Wildman–Crippen LogP) is 4.37. The average Bonchev–Trinajstić information content (AvgIpc) is 2.87. The molecule has 0 saturated heterocycles. The van der Waals surface area contributed by atoms with E-state index in [0.717, 1.165) is 23.2 Å². The van der Waals surface area contributed by atoms with Gasteiger partial charge in [-0.25, -0.2) is 0 Å². The predicted molar refractivity (Wildman–Crippen MR) is 82.4 cm³/mol. The molecular formula is C16H20BrNO. The zero-order valence-electron chi connectivity index (χ0n) is 11.4. The molecule has 1 aromatic carbocycles. The van der Waals surface area contributed by atoms with E-state index < -0.39 is 0 Å². The number of hydrogen-bond donors (Lipinski definition) is 1. The number of furan rings is 1. The lowest BCUT2D eigenvalue weighted by molar-refractivity contribution is 0.461. The van der Waals surface area contributed by atoms with Gasteiger partial charge in [0.05, 0.1) is 6.26 Å². The zero-order valence-corrected chi connectivity index (χ0v) is 13.0. The van der Waals surface area contributed by atoms with Gasteiger partial charge in [-0.1, -0.05) is 41.9 Å². The van der Waals surface area contributed by atoms with Crippen molar-refractivity contribution in [2.45, 2.75) is 32.2 Å². The summed E-state index contributed by atoms with van der Waals surface area (Å²) < 4.78 is 6.61. The summed E-state index contributed by atoms with van der Waals surface area (Å²) in [4.78, 5) is 0. The molecule has 1 atom stereocenters. The smallest absolute Gasteiger partial charge is 0.104 e. The monoisotopic (exact) mass is 321 g/mol. The van der Waals surface area contributed by atoms with Crippen LogP contribution in [-0.4, -0.2) is 12.6 Å². The molecule has 0 spiro atoms. The molecule has 1 aromatic heterocycles. The largest absolute Gasteiger partial charge is 0.469 e. The van der Waals surface area contributed by atoms with Gasteiger partial charge in [0, 0.05) is 29.4 Å².